The van der Waals surface area contributed by atoms with Gasteiger partial charge in [-0.05, 0) is 47.7 Å². The fourth-order valence-electron chi connectivity index (χ4n) is 3.73. The SMILES string of the molecule is CCOc1cc([N+](=O)[O-])c(C(=O)Nc2ccc3c(c2)Cc2ccccc2-3)cc1OC. The zero-order valence-corrected chi connectivity index (χ0v) is 16.6. The molecule has 7 heteroatoms. The third-order valence-corrected chi connectivity index (χ3v) is 5.07. The van der Waals surface area contributed by atoms with Crippen LogP contribution in [0.25, 0.3) is 11.1 Å². The summed E-state index contributed by atoms with van der Waals surface area (Å²) in [7, 11) is 1.42. The van der Waals surface area contributed by atoms with E-state index < -0.39 is 10.8 Å². The first-order chi connectivity index (χ1) is 14.5. The van der Waals surface area contributed by atoms with Crippen LogP contribution in [0, 0.1) is 10.1 Å². The highest BCUT2D eigenvalue weighted by atomic mass is 16.6. The molecule has 0 radical (unpaired) electrons. The van der Waals surface area contributed by atoms with Gasteiger partial charge in [0.25, 0.3) is 11.6 Å². The van der Waals surface area contributed by atoms with Gasteiger partial charge in [0.2, 0.25) is 0 Å². The van der Waals surface area contributed by atoms with Gasteiger partial charge in [-0.3, -0.25) is 14.9 Å². The summed E-state index contributed by atoms with van der Waals surface area (Å²) in [4.78, 5) is 23.8. The van der Waals surface area contributed by atoms with Crippen molar-refractivity contribution in [2.45, 2.75) is 13.3 Å². The number of benzene rings is 3. The Labute approximate surface area is 173 Å². The highest BCUT2D eigenvalue weighted by Gasteiger charge is 2.25. The largest absolute Gasteiger partial charge is 0.493 e. The van der Waals surface area contributed by atoms with Gasteiger partial charge in [0.1, 0.15) is 5.56 Å². The molecule has 152 valence electrons. The summed E-state index contributed by atoms with van der Waals surface area (Å²) in [5, 5.41) is 14.3. The Morgan fingerprint density at radius 3 is 2.57 bits per heavy atom. The van der Waals surface area contributed by atoms with E-state index in [0.717, 1.165) is 17.5 Å². The first kappa shape index (κ1) is 19.4. The minimum atomic E-state index is -0.601. The molecule has 1 amide bonds. The highest BCUT2D eigenvalue weighted by Crippen LogP contribution is 2.38. The maximum Gasteiger partial charge on any atom is 0.286 e. The van der Waals surface area contributed by atoms with Gasteiger partial charge in [-0.2, -0.15) is 0 Å². The number of methoxy groups -OCH3 is 1. The molecule has 1 aliphatic carbocycles. The smallest absolute Gasteiger partial charge is 0.286 e. The molecule has 0 aliphatic heterocycles. The fraction of sp³-hybridized carbons (Fsp3) is 0.174. The van der Waals surface area contributed by atoms with E-state index in [1.807, 2.05) is 24.3 Å². The van der Waals surface area contributed by atoms with E-state index in [0.29, 0.717) is 12.3 Å². The van der Waals surface area contributed by atoms with Gasteiger partial charge < -0.3 is 14.8 Å². The lowest BCUT2D eigenvalue weighted by Gasteiger charge is -2.12. The summed E-state index contributed by atoms with van der Waals surface area (Å²) in [5.74, 6) is -0.103. The van der Waals surface area contributed by atoms with E-state index in [-0.39, 0.29) is 22.7 Å². The lowest BCUT2D eigenvalue weighted by molar-refractivity contribution is -0.385. The van der Waals surface area contributed by atoms with Crippen LogP contribution in [0.2, 0.25) is 0 Å². The molecule has 3 aromatic rings. The topological polar surface area (TPSA) is 90.7 Å². The van der Waals surface area contributed by atoms with Gasteiger partial charge in [-0.15, -0.1) is 0 Å². The van der Waals surface area contributed by atoms with Gasteiger partial charge in [0.05, 0.1) is 24.7 Å². The maximum atomic E-state index is 12.9. The highest BCUT2D eigenvalue weighted by molar-refractivity contribution is 6.07. The van der Waals surface area contributed by atoms with Crippen LogP contribution in [0.3, 0.4) is 0 Å². The van der Waals surface area contributed by atoms with Crippen molar-refractivity contribution in [3.05, 3.63) is 81.4 Å². The van der Waals surface area contributed by atoms with Gasteiger partial charge in [0.15, 0.2) is 11.5 Å². The number of carbonyl (C=O) groups is 1. The molecule has 1 N–H and O–H groups in total. The molecular formula is C23H20N2O5. The molecule has 0 heterocycles. The lowest BCUT2D eigenvalue weighted by Crippen LogP contribution is -2.14. The number of nitrogens with one attached hydrogen (secondary N) is 1. The number of ether oxygens (including phenoxy) is 2. The summed E-state index contributed by atoms with van der Waals surface area (Å²) >= 11 is 0. The van der Waals surface area contributed by atoms with E-state index >= 15 is 0 Å². The summed E-state index contributed by atoms with van der Waals surface area (Å²) in [6.07, 6.45) is 0.784. The van der Waals surface area contributed by atoms with Crippen LogP contribution in [0.4, 0.5) is 11.4 Å². The third-order valence-electron chi connectivity index (χ3n) is 5.07. The molecule has 0 aromatic heterocycles. The lowest BCUT2D eigenvalue weighted by atomic mass is 10.1. The van der Waals surface area contributed by atoms with Crippen molar-refractivity contribution in [2.75, 3.05) is 19.0 Å². The van der Waals surface area contributed by atoms with Crippen molar-refractivity contribution < 1.29 is 19.2 Å². The molecule has 0 unspecified atom stereocenters. The first-order valence-corrected chi connectivity index (χ1v) is 9.53. The standard InChI is InChI=1S/C23H20N2O5/c1-3-30-22-13-20(25(27)28)19(12-21(22)29-2)23(26)24-16-8-9-18-15(11-16)10-14-6-4-5-7-17(14)18/h4-9,11-13H,3,10H2,1-2H3,(H,24,26). The van der Waals surface area contributed by atoms with Gasteiger partial charge in [0, 0.05) is 11.8 Å². The van der Waals surface area contributed by atoms with Gasteiger partial charge in [-0.25, -0.2) is 0 Å². The Hall–Kier alpha value is -3.87. The molecule has 0 atom stereocenters. The van der Waals surface area contributed by atoms with E-state index in [1.165, 1.54) is 30.4 Å². The minimum Gasteiger partial charge on any atom is -0.493 e. The predicted molar refractivity (Wildman–Crippen MR) is 113 cm³/mol. The molecule has 7 nitrogen and oxygen atoms in total. The number of amides is 1. The van der Waals surface area contributed by atoms with E-state index in [4.69, 9.17) is 9.47 Å². The molecule has 0 saturated heterocycles. The average Bonchev–Trinajstić information content (AvgIpc) is 3.11. The van der Waals surface area contributed by atoms with E-state index in [2.05, 4.69) is 17.4 Å². The quantitative estimate of drug-likeness (QED) is 0.367. The third kappa shape index (κ3) is 3.45. The summed E-state index contributed by atoms with van der Waals surface area (Å²) in [6.45, 7) is 2.08. The Balaban J connectivity index is 1.64. The summed E-state index contributed by atoms with van der Waals surface area (Å²) in [5.41, 5.74) is 4.81. The molecule has 1 aliphatic rings. The molecule has 0 bridgehead atoms. The van der Waals surface area contributed by atoms with E-state index in [9.17, 15) is 14.9 Å². The second kappa shape index (κ2) is 7.87. The number of nitro groups is 1. The van der Waals surface area contributed by atoms with Crippen molar-refractivity contribution in [3.8, 4) is 22.6 Å². The Bertz CT molecular complexity index is 1160. The van der Waals surface area contributed by atoms with Crippen LogP contribution in [0.15, 0.2) is 54.6 Å². The summed E-state index contributed by atoms with van der Waals surface area (Å²) < 4.78 is 10.6. The molecular weight excluding hydrogens is 384 g/mol. The average molecular weight is 404 g/mol. The second-order valence-corrected chi connectivity index (χ2v) is 6.87. The predicted octanol–water partition coefficient (Wildman–Crippen LogP) is 4.83. The number of carbonyl (C=O) groups excluding carboxylic acids is 1. The maximum absolute atomic E-state index is 12.9. The van der Waals surface area contributed by atoms with Crippen molar-refractivity contribution in [1.82, 2.24) is 0 Å². The molecule has 0 fully saturated rings. The number of hydrogen-bond acceptors (Lipinski definition) is 5. The molecule has 3 aromatic carbocycles. The monoisotopic (exact) mass is 404 g/mol. The van der Waals surface area contributed by atoms with Gasteiger partial charge >= 0.3 is 0 Å². The number of nitro benzene ring substituents is 1. The normalized spacial score (nSPS) is 11.4. The van der Waals surface area contributed by atoms with Crippen molar-refractivity contribution in [1.29, 1.82) is 0 Å². The number of hydrogen-bond donors (Lipinski definition) is 1. The summed E-state index contributed by atoms with van der Waals surface area (Å²) in [6, 6.07) is 16.4. The molecule has 0 saturated carbocycles. The van der Waals surface area contributed by atoms with Crippen LogP contribution in [-0.2, 0) is 6.42 Å². The van der Waals surface area contributed by atoms with Crippen LogP contribution in [0.1, 0.15) is 28.4 Å². The Morgan fingerprint density at radius 1 is 1.07 bits per heavy atom. The Kier molecular flexibility index (Phi) is 5.10. The number of anilines is 1. The fourth-order valence-corrected chi connectivity index (χ4v) is 3.73. The number of fused-ring (bicyclic) bond motifs is 3. The second-order valence-electron chi connectivity index (χ2n) is 6.87. The van der Waals surface area contributed by atoms with Crippen molar-refractivity contribution >= 4 is 17.3 Å². The van der Waals surface area contributed by atoms with Crippen LogP contribution >= 0.6 is 0 Å². The zero-order chi connectivity index (χ0) is 21.3. The van der Waals surface area contributed by atoms with Crippen molar-refractivity contribution in [3.63, 3.8) is 0 Å². The zero-order valence-electron chi connectivity index (χ0n) is 16.6. The first-order valence-electron chi connectivity index (χ1n) is 9.53. The molecule has 30 heavy (non-hydrogen) atoms. The molecule has 4 rings (SSSR count). The number of nitrogens with zero attached hydrogens (tertiary/aromatic N) is 1. The van der Waals surface area contributed by atoms with E-state index in [1.54, 1.807) is 13.0 Å². The molecule has 0 spiro atoms. The van der Waals surface area contributed by atoms with Crippen LogP contribution in [0.5, 0.6) is 11.5 Å². The van der Waals surface area contributed by atoms with Crippen molar-refractivity contribution in [2.24, 2.45) is 0 Å². The van der Waals surface area contributed by atoms with Crippen LogP contribution in [-0.4, -0.2) is 24.5 Å². The number of rotatable bonds is 6. The van der Waals surface area contributed by atoms with Crippen LogP contribution < -0.4 is 14.8 Å². The Morgan fingerprint density at radius 2 is 1.83 bits per heavy atom. The minimum absolute atomic E-state index is 0.0934. The van der Waals surface area contributed by atoms with Gasteiger partial charge in [-0.1, -0.05) is 30.3 Å².